The van der Waals surface area contributed by atoms with Crippen LogP contribution < -0.4 is 21.7 Å². The fraction of sp³-hybridized carbons (Fsp3) is 0.611. The monoisotopic (exact) mass is 517 g/mol. The number of hydrogen-bond donors (Lipinski definition) is 2. The zero-order chi connectivity index (χ0) is 25.0. The summed E-state index contributed by atoms with van der Waals surface area (Å²) in [7, 11) is -1.05. The highest BCUT2D eigenvalue weighted by atomic mass is 32.2. The lowest BCUT2D eigenvalue weighted by Crippen LogP contribution is -2.42. The van der Waals surface area contributed by atoms with Gasteiger partial charge < -0.3 is 10.5 Å². The Kier molecular flexibility index (Phi) is 8.17. The third-order valence-electron chi connectivity index (χ3n) is 5.23. The second-order valence-electron chi connectivity index (χ2n) is 7.72. The van der Waals surface area contributed by atoms with Crippen LogP contribution in [0.5, 0.6) is 0 Å². The minimum absolute atomic E-state index is 0.0245. The van der Waals surface area contributed by atoms with E-state index in [1.165, 1.54) is 23.2 Å². The summed E-state index contributed by atoms with van der Waals surface area (Å²) in [5.41, 5.74) is 4.20. The summed E-state index contributed by atoms with van der Waals surface area (Å²) < 4.78 is 35.1. The number of primary amides is 1. The first-order valence-electron chi connectivity index (χ1n) is 10.4. The molecule has 34 heavy (non-hydrogen) atoms. The molecule has 0 radical (unpaired) electrons. The number of amides is 2. The number of nitrogens with one attached hydrogen (secondary N) is 1. The number of ether oxygens (including phenoxy) is 1. The van der Waals surface area contributed by atoms with Gasteiger partial charge in [-0.15, -0.1) is 0 Å². The molecule has 14 nitrogen and oxygen atoms in total. The predicted molar refractivity (Wildman–Crippen MR) is 124 cm³/mol. The molecule has 0 aromatic carbocycles. The Bertz CT molecular complexity index is 1310. The van der Waals surface area contributed by atoms with E-state index < -0.39 is 33.1 Å². The number of nitrogens with zero attached hydrogens (tertiary/aromatic N) is 5. The van der Waals surface area contributed by atoms with Crippen LogP contribution in [0, 0.1) is 0 Å². The fourth-order valence-corrected chi connectivity index (χ4v) is 5.44. The van der Waals surface area contributed by atoms with Gasteiger partial charge in [-0.2, -0.15) is 0 Å². The van der Waals surface area contributed by atoms with E-state index in [1.807, 2.05) is 4.90 Å². The zero-order valence-electron chi connectivity index (χ0n) is 18.9. The summed E-state index contributed by atoms with van der Waals surface area (Å²) in [5.74, 6) is -1.49. The van der Waals surface area contributed by atoms with Crippen LogP contribution in [0.25, 0.3) is 11.2 Å². The van der Waals surface area contributed by atoms with Crippen LogP contribution >= 0.6 is 11.8 Å². The van der Waals surface area contributed by atoms with Gasteiger partial charge in [0.1, 0.15) is 6.54 Å². The number of rotatable bonds is 10. The molecule has 2 aromatic heterocycles. The van der Waals surface area contributed by atoms with Gasteiger partial charge >= 0.3 is 5.69 Å². The van der Waals surface area contributed by atoms with Crippen molar-refractivity contribution in [1.82, 2.24) is 28.3 Å². The van der Waals surface area contributed by atoms with Gasteiger partial charge in [0.15, 0.2) is 16.3 Å². The van der Waals surface area contributed by atoms with Crippen molar-refractivity contribution < 1.29 is 22.7 Å². The molecule has 1 aliphatic rings. The van der Waals surface area contributed by atoms with Gasteiger partial charge in [0.2, 0.25) is 21.8 Å². The number of morpholine rings is 1. The van der Waals surface area contributed by atoms with Crippen molar-refractivity contribution in [2.75, 3.05) is 44.4 Å². The summed E-state index contributed by atoms with van der Waals surface area (Å²) in [6, 6.07) is 0. The summed E-state index contributed by atoms with van der Waals surface area (Å²) in [4.78, 5) is 54.7. The molecule has 3 rings (SSSR count). The van der Waals surface area contributed by atoms with Gasteiger partial charge in [0.05, 0.1) is 19.0 Å². The molecular weight excluding hydrogens is 490 g/mol. The van der Waals surface area contributed by atoms with Crippen molar-refractivity contribution in [2.45, 2.75) is 18.1 Å². The highest BCUT2D eigenvalue weighted by Gasteiger charge is 2.22. The molecule has 188 valence electrons. The number of fused-ring (bicyclic) bond motifs is 1. The lowest BCUT2D eigenvalue weighted by Gasteiger charge is -2.26. The molecule has 16 heteroatoms. The van der Waals surface area contributed by atoms with E-state index in [0.29, 0.717) is 32.8 Å². The van der Waals surface area contributed by atoms with Crippen LogP contribution in [-0.4, -0.2) is 88.2 Å². The maximum atomic E-state index is 12.5. The van der Waals surface area contributed by atoms with E-state index in [0.717, 1.165) is 16.3 Å². The molecule has 2 amide bonds. The number of aromatic nitrogens is 4. The Hall–Kier alpha value is -2.69. The highest BCUT2D eigenvalue weighted by Crippen LogP contribution is 2.22. The van der Waals surface area contributed by atoms with Gasteiger partial charge in [-0.25, -0.2) is 18.2 Å². The Morgan fingerprint density at radius 2 is 1.85 bits per heavy atom. The van der Waals surface area contributed by atoms with Gasteiger partial charge in [-0.1, -0.05) is 11.8 Å². The van der Waals surface area contributed by atoms with E-state index in [-0.39, 0.29) is 40.8 Å². The number of carbonyl (C=O) groups is 2. The van der Waals surface area contributed by atoms with Crippen LogP contribution in [-0.2, 0) is 45.0 Å². The van der Waals surface area contributed by atoms with Crippen molar-refractivity contribution in [1.29, 1.82) is 0 Å². The molecule has 0 bridgehead atoms. The van der Waals surface area contributed by atoms with Crippen LogP contribution in [0.4, 0.5) is 0 Å². The first kappa shape index (κ1) is 25.9. The molecule has 0 unspecified atom stereocenters. The average Bonchev–Trinajstić information content (AvgIpc) is 3.13. The third-order valence-corrected chi connectivity index (χ3v) is 7.46. The molecule has 1 saturated heterocycles. The molecule has 3 N–H and O–H groups in total. The Labute approximate surface area is 199 Å². The topological polar surface area (TPSA) is 181 Å². The molecule has 1 aliphatic heterocycles. The van der Waals surface area contributed by atoms with Crippen molar-refractivity contribution in [2.24, 2.45) is 19.8 Å². The molecule has 3 heterocycles. The van der Waals surface area contributed by atoms with Crippen molar-refractivity contribution >= 4 is 44.8 Å². The van der Waals surface area contributed by atoms with E-state index >= 15 is 0 Å². The number of aryl methyl sites for hydroxylation is 1. The van der Waals surface area contributed by atoms with E-state index in [1.54, 1.807) is 0 Å². The van der Waals surface area contributed by atoms with Crippen molar-refractivity contribution in [3.05, 3.63) is 20.8 Å². The lowest BCUT2D eigenvalue weighted by atomic mass is 10.4. The minimum atomic E-state index is -3.80. The molecule has 2 aromatic rings. The van der Waals surface area contributed by atoms with Crippen LogP contribution in [0.1, 0.15) is 6.42 Å². The van der Waals surface area contributed by atoms with Gasteiger partial charge in [0.25, 0.3) is 5.56 Å². The Balaban J connectivity index is 1.66. The second kappa shape index (κ2) is 10.7. The molecule has 0 aliphatic carbocycles. The number of thioether (sulfide) groups is 1. The molecule has 1 fully saturated rings. The van der Waals surface area contributed by atoms with E-state index in [9.17, 15) is 27.6 Å². The maximum Gasteiger partial charge on any atom is 0.332 e. The Morgan fingerprint density at radius 1 is 1.18 bits per heavy atom. The highest BCUT2D eigenvalue weighted by molar-refractivity contribution is 7.99. The first-order chi connectivity index (χ1) is 16.0. The first-order valence-corrected chi connectivity index (χ1v) is 13.0. The van der Waals surface area contributed by atoms with Crippen molar-refractivity contribution in [3.8, 4) is 0 Å². The summed E-state index contributed by atoms with van der Waals surface area (Å²) in [5, 5.41) is 0.204. The third kappa shape index (κ3) is 6.05. The van der Waals surface area contributed by atoms with Crippen LogP contribution in [0.15, 0.2) is 14.7 Å². The van der Waals surface area contributed by atoms with Gasteiger partial charge in [0, 0.05) is 45.9 Å². The summed E-state index contributed by atoms with van der Waals surface area (Å²) in [6.07, 6.45) is -0.155. The second-order valence-corrected chi connectivity index (χ2v) is 10.6. The molecule has 0 atom stereocenters. The molecule has 0 spiro atoms. The van der Waals surface area contributed by atoms with Gasteiger partial charge in [-0.05, 0) is 0 Å². The molecular formula is C18H27N7O7S2. The smallest absolute Gasteiger partial charge is 0.332 e. The number of imidazole rings is 1. The van der Waals surface area contributed by atoms with E-state index in [4.69, 9.17) is 10.5 Å². The van der Waals surface area contributed by atoms with Gasteiger partial charge in [-0.3, -0.25) is 37.7 Å². The maximum absolute atomic E-state index is 12.5. The zero-order valence-corrected chi connectivity index (χ0v) is 20.5. The summed E-state index contributed by atoms with van der Waals surface area (Å²) in [6.45, 7) is 2.34. The lowest BCUT2D eigenvalue weighted by molar-refractivity contribution is -0.119. The number of nitrogens with two attached hydrogens (primary N) is 1. The number of hydrogen-bond acceptors (Lipinski definition) is 10. The number of sulfonamides is 1. The largest absolute Gasteiger partial charge is 0.379 e. The quantitative estimate of drug-likeness (QED) is 0.312. The standard InChI is InChI=1S/C18H27N7O7S2/c1-22-15-14(16(28)23(2)18(22)29)20-17(25(15)11-12(19)26)33-9-3-13(27)21-34(30,31)10-6-24-4-7-32-8-5-24/h3-11H2,1-2H3,(H2,19,26)(H,21,27). The number of carbonyl (C=O) groups excluding carboxylic acids is 2. The van der Waals surface area contributed by atoms with Crippen molar-refractivity contribution in [3.63, 3.8) is 0 Å². The minimum Gasteiger partial charge on any atom is -0.379 e. The van der Waals surface area contributed by atoms with Crippen LogP contribution in [0.3, 0.4) is 0 Å². The van der Waals surface area contributed by atoms with Crippen LogP contribution in [0.2, 0.25) is 0 Å². The normalized spacial score (nSPS) is 15.0. The van der Waals surface area contributed by atoms with E-state index in [2.05, 4.69) is 9.71 Å². The molecule has 0 saturated carbocycles. The average molecular weight is 518 g/mol. The fourth-order valence-electron chi connectivity index (χ4n) is 3.46. The SMILES string of the molecule is Cn1c(=O)c2nc(SCCC(=O)NS(=O)(=O)CCN3CCOCC3)n(CC(N)=O)c2n(C)c1=O. The summed E-state index contributed by atoms with van der Waals surface area (Å²) >= 11 is 1.04. The predicted octanol–water partition coefficient (Wildman–Crippen LogP) is -2.82. The Morgan fingerprint density at radius 3 is 2.50 bits per heavy atom.